The quantitative estimate of drug-likeness (QED) is 0.363. The molecule has 40 heavy (non-hydrogen) atoms. The maximum atomic E-state index is 14.3. The first-order chi connectivity index (χ1) is 19.2. The molecule has 3 aromatic heterocycles. The number of alkyl halides is 3. The molecule has 1 saturated carbocycles. The van der Waals surface area contributed by atoms with Crippen molar-refractivity contribution in [2.24, 2.45) is 13.0 Å². The number of nitriles is 1. The largest absolute Gasteiger partial charge is 0.418 e. The number of nitrogens with one attached hydrogen (secondary N) is 1. The fraction of sp³-hybridized carbons (Fsp3) is 0.448. The Balaban J connectivity index is 1.41. The average Bonchev–Trinajstić information content (AvgIpc) is 3.50. The number of nitrogens with zero attached hydrogens (tertiary/aromatic N) is 6. The number of aryl methyl sites for hydroxylation is 1. The summed E-state index contributed by atoms with van der Waals surface area (Å²) in [5, 5.41) is 17.3. The predicted octanol–water partition coefficient (Wildman–Crippen LogP) is 5.06. The van der Waals surface area contributed by atoms with Crippen LogP contribution in [0.25, 0.3) is 16.6 Å². The number of likely N-dealkylation sites (tertiary alicyclic amines) is 1. The summed E-state index contributed by atoms with van der Waals surface area (Å²) in [6, 6.07) is 10.8. The van der Waals surface area contributed by atoms with Gasteiger partial charge in [-0.05, 0) is 61.9 Å². The van der Waals surface area contributed by atoms with E-state index in [1.54, 1.807) is 24.5 Å². The van der Waals surface area contributed by atoms with E-state index in [9.17, 15) is 18.0 Å². The number of hydrogen-bond acceptors (Lipinski definition) is 5. The zero-order valence-corrected chi connectivity index (χ0v) is 22.2. The smallest absolute Gasteiger partial charge is 0.353 e. The van der Waals surface area contributed by atoms with Crippen LogP contribution in [-0.2, 0) is 25.2 Å². The van der Waals surface area contributed by atoms with E-state index in [1.165, 1.54) is 6.07 Å². The molecule has 4 aromatic rings. The van der Waals surface area contributed by atoms with Gasteiger partial charge in [0.2, 0.25) is 0 Å². The van der Waals surface area contributed by atoms with Gasteiger partial charge in [-0.15, -0.1) is 10.2 Å². The Labute approximate surface area is 229 Å². The van der Waals surface area contributed by atoms with Gasteiger partial charge in [-0.2, -0.15) is 18.4 Å². The van der Waals surface area contributed by atoms with E-state index in [4.69, 9.17) is 5.26 Å². The zero-order chi connectivity index (χ0) is 28.1. The summed E-state index contributed by atoms with van der Waals surface area (Å²) >= 11 is 0. The first-order valence-corrected chi connectivity index (χ1v) is 13.6. The summed E-state index contributed by atoms with van der Waals surface area (Å²) in [7, 11) is 1.88. The van der Waals surface area contributed by atoms with Gasteiger partial charge in [-0.1, -0.05) is 18.6 Å². The van der Waals surface area contributed by atoms with Crippen molar-refractivity contribution >= 4 is 10.9 Å². The minimum atomic E-state index is -4.65. The molecule has 1 unspecified atom stereocenters. The van der Waals surface area contributed by atoms with Crippen molar-refractivity contribution in [3.63, 3.8) is 0 Å². The lowest BCUT2D eigenvalue weighted by molar-refractivity contribution is -0.136. The molecule has 0 bridgehead atoms. The lowest BCUT2D eigenvalue weighted by Crippen LogP contribution is -2.38. The van der Waals surface area contributed by atoms with E-state index in [0.717, 1.165) is 60.8 Å². The predicted molar refractivity (Wildman–Crippen MR) is 143 cm³/mol. The highest BCUT2D eigenvalue weighted by Gasteiger charge is 2.44. The van der Waals surface area contributed by atoms with Gasteiger partial charge in [0.15, 0.2) is 0 Å². The second kappa shape index (κ2) is 9.93. The van der Waals surface area contributed by atoms with E-state index in [-0.39, 0.29) is 22.2 Å². The molecule has 11 heteroatoms. The van der Waals surface area contributed by atoms with E-state index < -0.39 is 17.3 Å². The number of aromatic amines is 1. The maximum Gasteiger partial charge on any atom is 0.418 e. The van der Waals surface area contributed by atoms with Gasteiger partial charge in [0.25, 0.3) is 5.56 Å². The minimum Gasteiger partial charge on any atom is -0.353 e. The van der Waals surface area contributed by atoms with Gasteiger partial charge < -0.3 is 9.55 Å². The number of fused-ring (bicyclic) bond motifs is 1. The van der Waals surface area contributed by atoms with Crippen molar-refractivity contribution in [3.8, 4) is 11.8 Å². The minimum absolute atomic E-state index is 0.0625. The molecule has 2 aliphatic rings. The van der Waals surface area contributed by atoms with Crippen LogP contribution in [0.15, 0.2) is 47.7 Å². The second-order valence-corrected chi connectivity index (χ2v) is 11.2. The van der Waals surface area contributed by atoms with Crippen LogP contribution in [0.1, 0.15) is 61.2 Å². The SMILES string of the molecule is Cn1cnnc1C1(c2cccc(-n3cc(C(F)(F)F)c4cc(CN5CCCC(CC#N)C5)[nH]c4c3=O)c2)CCC1. The van der Waals surface area contributed by atoms with Crippen molar-refractivity contribution in [1.29, 1.82) is 5.26 Å². The van der Waals surface area contributed by atoms with Crippen molar-refractivity contribution < 1.29 is 13.2 Å². The Morgan fingerprint density at radius 3 is 2.73 bits per heavy atom. The fourth-order valence-corrected chi connectivity index (χ4v) is 6.45. The zero-order valence-electron chi connectivity index (χ0n) is 22.2. The molecule has 4 heterocycles. The first-order valence-electron chi connectivity index (χ1n) is 13.6. The van der Waals surface area contributed by atoms with Crippen molar-refractivity contribution in [1.82, 2.24) is 29.2 Å². The van der Waals surface area contributed by atoms with Crippen LogP contribution in [-0.4, -0.2) is 42.3 Å². The highest BCUT2D eigenvalue weighted by atomic mass is 19.4. The standard InChI is InChI=1S/C29H30F3N7O/c1-37-18-34-36-27(37)28(9-4-10-28)20-6-2-7-22(13-20)39-17-24(29(30,31)32)23-14-21(35-25(23)26(39)40)16-38-12-3-5-19(15-38)8-11-33/h2,6-7,13-14,17-19,35H,3-5,8-10,12,15-16H2,1H3. The van der Waals surface area contributed by atoms with Gasteiger partial charge >= 0.3 is 6.18 Å². The maximum absolute atomic E-state index is 14.3. The van der Waals surface area contributed by atoms with Crippen LogP contribution in [0.4, 0.5) is 13.2 Å². The van der Waals surface area contributed by atoms with Gasteiger partial charge in [0, 0.05) is 49.5 Å². The van der Waals surface area contributed by atoms with E-state index in [0.29, 0.717) is 30.9 Å². The summed E-state index contributed by atoms with van der Waals surface area (Å²) in [5.74, 6) is 1.05. The Bertz CT molecular complexity index is 1650. The number of pyridine rings is 1. The number of H-pyrrole nitrogens is 1. The lowest BCUT2D eigenvalue weighted by atomic mass is 9.63. The van der Waals surface area contributed by atoms with Crippen LogP contribution in [0.5, 0.6) is 0 Å². The van der Waals surface area contributed by atoms with Gasteiger partial charge in [0.1, 0.15) is 17.7 Å². The van der Waals surface area contributed by atoms with Crippen LogP contribution in [0.3, 0.4) is 0 Å². The monoisotopic (exact) mass is 549 g/mol. The molecule has 1 aliphatic carbocycles. The molecule has 1 atom stereocenters. The van der Waals surface area contributed by atoms with E-state index in [1.807, 2.05) is 17.7 Å². The highest BCUT2D eigenvalue weighted by molar-refractivity contribution is 5.84. The Hall–Kier alpha value is -3.91. The molecule has 1 N–H and O–H groups in total. The van der Waals surface area contributed by atoms with E-state index in [2.05, 4.69) is 26.2 Å². The molecule has 8 nitrogen and oxygen atoms in total. The Morgan fingerprint density at radius 1 is 1.23 bits per heavy atom. The Morgan fingerprint density at radius 2 is 2.05 bits per heavy atom. The van der Waals surface area contributed by atoms with Crippen LogP contribution in [0, 0.1) is 17.2 Å². The summed E-state index contributed by atoms with van der Waals surface area (Å²) in [4.78, 5) is 18.8. The molecule has 0 spiro atoms. The molecule has 2 fully saturated rings. The topological polar surface area (TPSA) is 95.5 Å². The molecular weight excluding hydrogens is 519 g/mol. The third-order valence-corrected chi connectivity index (χ3v) is 8.56. The number of aromatic nitrogens is 5. The van der Waals surface area contributed by atoms with Crippen LogP contribution >= 0.6 is 0 Å². The number of benzene rings is 1. The molecule has 0 amide bonds. The third-order valence-electron chi connectivity index (χ3n) is 8.56. The number of piperidine rings is 1. The van der Waals surface area contributed by atoms with Gasteiger partial charge in [-0.25, -0.2) is 0 Å². The van der Waals surface area contributed by atoms with Crippen LogP contribution in [0.2, 0.25) is 0 Å². The Kier molecular flexibility index (Phi) is 6.53. The molecule has 6 rings (SSSR count). The molecule has 208 valence electrons. The number of hydrogen-bond donors (Lipinski definition) is 1. The average molecular weight is 550 g/mol. The normalized spacial score (nSPS) is 19.4. The second-order valence-electron chi connectivity index (χ2n) is 11.2. The first kappa shape index (κ1) is 26.3. The number of halogens is 3. The lowest BCUT2D eigenvalue weighted by Gasteiger charge is -2.41. The van der Waals surface area contributed by atoms with Crippen molar-refractivity contribution in [2.75, 3.05) is 13.1 Å². The molecule has 0 radical (unpaired) electrons. The molecule has 1 aliphatic heterocycles. The van der Waals surface area contributed by atoms with Crippen molar-refractivity contribution in [2.45, 2.75) is 56.7 Å². The summed E-state index contributed by atoms with van der Waals surface area (Å²) < 4.78 is 45.9. The summed E-state index contributed by atoms with van der Waals surface area (Å²) in [5.41, 5.74) is -0.0209. The van der Waals surface area contributed by atoms with E-state index >= 15 is 0 Å². The van der Waals surface area contributed by atoms with Gasteiger partial charge in [0.05, 0.1) is 17.0 Å². The third kappa shape index (κ3) is 4.50. The van der Waals surface area contributed by atoms with Crippen LogP contribution < -0.4 is 5.56 Å². The fourth-order valence-electron chi connectivity index (χ4n) is 6.45. The highest BCUT2D eigenvalue weighted by Crippen LogP contribution is 2.48. The van der Waals surface area contributed by atoms with Gasteiger partial charge in [-0.3, -0.25) is 14.3 Å². The summed E-state index contributed by atoms with van der Waals surface area (Å²) in [6.45, 7) is 1.90. The molecule has 1 saturated heterocycles. The van der Waals surface area contributed by atoms with Crippen molar-refractivity contribution in [3.05, 3.63) is 75.9 Å². The molecule has 1 aromatic carbocycles. The summed E-state index contributed by atoms with van der Waals surface area (Å²) in [6.07, 6.45) is 2.96. The number of rotatable bonds is 6. The molecular formula is C29H30F3N7O.